The molecule has 2 aliphatic rings. The summed E-state index contributed by atoms with van der Waals surface area (Å²) in [7, 11) is 0. The van der Waals surface area contributed by atoms with E-state index in [0.717, 1.165) is 38.2 Å². The number of aliphatic hydroxyl groups is 1. The highest BCUT2D eigenvalue weighted by Crippen LogP contribution is 2.47. The Morgan fingerprint density at radius 1 is 1.00 bits per heavy atom. The molecule has 4 nitrogen and oxygen atoms in total. The first-order valence-electron chi connectivity index (χ1n) is 13.0. The molecule has 1 fully saturated rings. The van der Waals surface area contributed by atoms with Crippen LogP contribution in [0.25, 0.3) is 11.3 Å². The third kappa shape index (κ3) is 5.80. The molecule has 1 aromatic carbocycles. The number of piperidine rings is 1. The summed E-state index contributed by atoms with van der Waals surface area (Å²) in [6, 6.07) is 7.71. The number of anilines is 1. The lowest BCUT2D eigenvalue weighted by Gasteiger charge is -2.42. The van der Waals surface area contributed by atoms with E-state index in [0.29, 0.717) is 12.6 Å². The van der Waals surface area contributed by atoms with Crippen LogP contribution >= 0.6 is 11.3 Å². The number of nitrogens with zero attached hydrogens (tertiary/aromatic N) is 2. The van der Waals surface area contributed by atoms with Gasteiger partial charge in [0.1, 0.15) is 0 Å². The van der Waals surface area contributed by atoms with Gasteiger partial charge in [-0.2, -0.15) is 0 Å². The summed E-state index contributed by atoms with van der Waals surface area (Å²) < 4.78 is 0. The topological polar surface area (TPSA) is 48.4 Å². The predicted molar refractivity (Wildman–Crippen MR) is 142 cm³/mol. The van der Waals surface area contributed by atoms with Crippen LogP contribution in [0, 0.1) is 0 Å². The maximum absolute atomic E-state index is 8.87. The third-order valence-electron chi connectivity index (χ3n) is 7.92. The molecule has 0 spiro atoms. The second-order valence-corrected chi connectivity index (χ2v) is 12.2. The summed E-state index contributed by atoms with van der Waals surface area (Å²) in [5.74, 6) is 0. The summed E-state index contributed by atoms with van der Waals surface area (Å²) in [5.41, 5.74) is 5.90. The van der Waals surface area contributed by atoms with Gasteiger partial charge in [0, 0.05) is 36.7 Å². The summed E-state index contributed by atoms with van der Waals surface area (Å²) in [5, 5.41) is 16.0. The fraction of sp³-hybridized carbons (Fsp3) is 0.679. The van der Waals surface area contributed by atoms with Gasteiger partial charge >= 0.3 is 0 Å². The summed E-state index contributed by atoms with van der Waals surface area (Å²) in [6.45, 7) is 13.2. The fourth-order valence-corrected chi connectivity index (χ4v) is 6.35. The monoisotopic (exact) mass is 469 g/mol. The molecule has 0 amide bonds. The van der Waals surface area contributed by atoms with E-state index in [9.17, 15) is 0 Å². The predicted octanol–water partition coefficient (Wildman–Crippen LogP) is 6.27. The minimum atomic E-state index is 0.230. The first kappa shape index (κ1) is 24.7. The molecule has 0 saturated carbocycles. The third-order valence-corrected chi connectivity index (χ3v) is 8.83. The van der Waals surface area contributed by atoms with E-state index in [1.54, 1.807) is 11.3 Å². The molecule has 2 N–H and O–H groups in total. The van der Waals surface area contributed by atoms with Crippen LogP contribution < -0.4 is 10.2 Å². The van der Waals surface area contributed by atoms with Crippen molar-refractivity contribution in [3.8, 4) is 11.3 Å². The minimum absolute atomic E-state index is 0.230. The maximum atomic E-state index is 8.87. The van der Waals surface area contributed by atoms with E-state index >= 15 is 0 Å². The number of hydrogen-bond acceptors (Lipinski definition) is 5. The Morgan fingerprint density at radius 3 is 2.42 bits per heavy atom. The molecule has 5 heteroatoms. The van der Waals surface area contributed by atoms with Crippen molar-refractivity contribution in [2.45, 2.75) is 95.9 Å². The van der Waals surface area contributed by atoms with Crippen molar-refractivity contribution in [2.24, 2.45) is 0 Å². The molecule has 1 aliphatic heterocycles. The summed E-state index contributed by atoms with van der Waals surface area (Å²) in [4.78, 5) is 7.54. The lowest BCUT2D eigenvalue weighted by atomic mass is 9.63. The smallest absolute Gasteiger partial charge is 0.185 e. The van der Waals surface area contributed by atoms with Gasteiger partial charge in [-0.05, 0) is 73.1 Å². The van der Waals surface area contributed by atoms with Crippen LogP contribution in [0.2, 0.25) is 0 Å². The quantitative estimate of drug-likeness (QED) is 0.425. The zero-order chi connectivity index (χ0) is 23.5. The summed E-state index contributed by atoms with van der Waals surface area (Å²) >= 11 is 1.79. The number of benzene rings is 1. The second kappa shape index (κ2) is 10.5. The van der Waals surface area contributed by atoms with E-state index in [2.05, 4.69) is 61.5 Å². The lowest BCUT2D eigenvalue weighted by Crippen LogP contribution is -2.42. The molecule has 2 aromatic rings. The molecule has 2 heterocycles. The largest absolute Gasteiger partial charge is 0.396 e. The average Bonchev–Trinajstić information content (AvgIpc) is 3.30. The van der Waals surface area contributed by atoms with Crippen LogP contribution in [0.5, 0.6) is 0 Å². The van der Waals surface area contributed by atoms with Gasteiger partial charge in [-0.3, -0.25) is 0 Å². The Bertz CT molecular complexity index is 912. The van der Waals surface area contributed by atoms with Gasteiger partial charge in [-0.1, -0.05) is 52.7 Å². The Hall–Kier alpha value is -1.43. The standard InChI is InChI=1S/C28H43N3OS/c1-27(2)13-14-28(3,4)24-19-21(9-10-23(24)27)25-20-33-26(30-25)31-16-11-22(12-17-31)29-15-7-5-6-8-18-32/h9-10,19-20,22,29,32H,5-8,11-18H2,1-4H3. The number of thiazole rings is 1. The summed E-state index contributed by atoms with van der Waals surface area (Å²) in [6.07, 6.45) is 9.38. The number of rotatable bonds is 9. The SMILES string of the molecule is CC1(C)CCC(C)(C)c2cc(-c3csc(N4CCC(NCCCCCCO)CC4)n3)ccc21. The van der Waals surface area contributed by atoms with E-state index in [1.807, 2.05) is 0 Å². The minimum Gasteiger partial charge on any atom is -0.396 e. The highest BCUT2D eigenvalue weighted by Gasteiger charge is 2.37. The molecular formula is C28H43N3OS. The van der Waals surface area contributed by atoms with Crippen LogP contribution in [-0.4, -0.2) is 42.4 Å². The number of nitrogens with one attached hydrogen (secondary N) is 1. The van der Waals surface area contributed by atoms with Crippen molar-refractivity contribution < 1.29 is 5.11 Å². The van der Waals surface area contributed by atoms with Crippen LogP contribution in [-0.2, 0) is 10.8 Å². The van der Waals surface area contributed by atoms with Crippen LogP contribution in [0.1, 0.15) is 90.2 Å². The molecule has 1 aliphatic carbocycles. The molecule has 182 valence electrons. The molecule has 0 radical (unpaired) electrons. The van der Waals surface area contributed by atoms with Crippen molar-refractivity contribution in [1.29, 1.82) is 0 Å². The number of fused-ring (bicyclic) bond motifs is 1. The van der Waals surface area contributed by atoms with E-state index in [4.69, 9.17) is 10.1 Å². The lowest BCUT2D eigenvalue weighted by molar-refractivity contribution is 0.282. The molecular weight excluding hydrogens is 426 g/mol. The molecule has 1 aromatic heterocycles. The fourth-order valence-electron chi connectivity index (χ4n) is 5.46. The molecule has 33 heavy (non-hydrogen) atoms. The normalized spacial score (nSPS) is 20.1. The Morgan fingerprint density at radius 2 is 1.70 bits per heavy atom. The average molecular weight is 470 g/mol. The van der Waals surface area contributed by atoms with E-state index < -0.39 is 0 Å². The van der Waals surface area contributed by atoms with Crippen molar-refractivity contribution in [3.63, 3.8) is 0 Å². The van der Waals surface area contributed by atoms with Crippen molar-refractivity contribution in [1.82, 2.24) is 10.3 Å². The highest BCUT2D eigenvalue weighted by atomic mass is 32.1. The van der Waals surface area contributed by atoms with Gasteiger partial charge in [0.2, 0.25) is 0 Å². The van der Waals surface area contributed by atoms with Crippen LogP contribution in [0.15, 0.2) is 23.6 Å². The van der Waals surface area contributed by atoms with Crippen molar-refractivity contribution >= 4 is 16.5 Å². The molecule has 0 bridgehead atoms. The molecule has 1 saturated heterocycles. The number of aromatic nitrogens is 1. The Kier molecular flexibility index (Phi) is 7.82. The zero-order valence-corrected chi connectivity index (χ0v) is 21.9. The van der Waals surface area contributed by atoms with Crippen LogP contribution in [0.4, 0.5) is 5.13 Å². The Labute approximate surface area is 204 Å². The number of hydrogen-bond donors (Lipinski definition) is 2. The van der Waals surface area contributed by atoms with E-state index in [-0.39, 0.29) is 10.8 Å². The first-order valence-corrected chi connectivity index (χ1v) is 13.9. The van der Waals surface area contributed by atoms with Crippen molar-refractivity contribution in [3.05, 3.63) is 34.7 Å². The van der Waals surface area contributed by atoms with Crippen molar-refractivity contribution in [2.75, 3.05) is 31.1 Å². The van der Waals surface area contributed by atoms with Gasteiger partial charge < -0.3 is 15.3 Å². The number of aliphatic hydroxyl groups excluding tert-OH is 1. The number of unbranched alkanes of at least 4 members (excludes halogenated alkanes) is 3. The van der Waals surface area contributed by atoms with E-state index in [1.165, 1.54) is 60.3 Å². The molecule has 4 rings (SSSR count). The maximum Gasteiger partial charge on any atom is 0.185 e. The molecule has 0 atom stereocenters. The highest BCUT2D eigenvalue weighted by molar-refractivity contribution is 7.14. The van der Waals surface area contributed by atoms with Gasteiger partial charge in [0.05, 0.1) is 5.69 Å². The van der Waals surface area contributed by atoms with Gasteiger partial charge in [0.25, 0.3) is 0 Å². The van der Waals surface area contributed by atoms with Gasteiger partial charge in [0.15, 0.2) is 5.13 Å². The first-order chi connectivity index (χ1) is 15.8. The van der Waals surface area contributed by atoms with Gasteiger partial charge in [-0.25, -0.2) is 4.98 Å². The van der Waals surface area contributed by atoms with Gasteiger partial charge in [-0.15, -0.1) is 11.3 Å². The Balaban J connectivity index is 1.35. The zero-order valence-electron chi connectivity index (χ0n) is 21.1. The second-order valence-electron chi connectivity index (χ2n) is 11.4. The molecule has 0 unspecified atom stereocenters. The van der Waals surface area contributed by atoms with Crippen LogP contribution in [0.3, 0.4) is 0 Å².